The molecule has 0 spiro atoms. The highest BCUT2D eigenvalue weighted by atomic mass is 15.1. The van der Waals surface area contributed by atoms with Gasteiger partial charge in [0, 0.05) is 67.3 Å². The maximum atomic E-state index is 10.6. The zero-order chi connectivity index (χ0) is 54.7. The van der Waals surface area contributed by atoms with Gasteiger partial charge in [-0.15, -0.1) is 0 Å². The van der Waals surface area contributed by atoms with E-state index in [2.05, 4.69) is 148 Å². The lowest BCUT2D eigenvalue weighted by Gasteiger charge is -2.26. The largest absolute Gasteiger partial charge is 0.310 e. The molecule has 378 valence electrons. The van der Waals surface area contributed by atoms with E-state index in [9.17, 15) is 15.8 Å². The third-order valence-electron chi connectivity index (χ3n) is 14.7. The predicted molar refractivity (Wildman–Crippen MR) is 327 cm³/mol. The predicted octanol–water partition coefficient (Wildman–Crippen LogP) is 18.5. The molecule has 0 unspecified atom stereocenters. The van der Waals surface area contributed by atoms with Gasteiger partial charge in [0.1, 0.15) is 0 Å². The Labute approximate surface area is 469 Å². The van der Waals surface area contributed by atoms with Crippen molar-refractivity contribution in [2.45, 2.75) is 0 Å². The van der Waals surface area contributed by atoms with Gasteiger partial charge in [-0.25, -0.2) is 9.97 Å². The van der Waals surface area contributed by atoms with Gasteiger partial charge in [0.2, 0.25) is 0 Å². The molecule has 0 radical (unpaired) electrons. The standard InChI is InChI=1S/C73H46N8/c74-47-50-21-32-61(33-22-50)79(59-17-9-3-10-18-59)64-38-41-71-67(44-64)68-45-65(80(60-19-11-4-12-20-60)62-34-23-51(48-75)24-35-62)39-42-72(68)81(71)63-36-29-53(30-37-63)52-25-27-54(28-26-52)57-31-40-66(58(43-57)49-76)70-46-69(55-13-5-1-6-14-55)77-73(78-70)56-15-7-2-8-16-56/h1-46H. The maximum absolute atomic E-state index is 10.6. The van der Waals surface area contributed by atoms with Crippen LogP contribution in [0.3, 0.4) is 0 Å². The number of para-hydroxylation sites is 2. The van der Waals surface area contributed by atoms with E-state index in [0.29, 0.717) is 28.2 Å². The lowest BCUT2D eigenvalue weighted by atomic mass is 9.95. The molecular weight excluding hydrogens is 989 g/mol. The summed E-state index contributed by atoms with van der Waals surface area (Å²) in [6, 6.07) is 101. The molecule has 0 amide bonds. The van der Waals surface area contributed by atoms with E-state index >= 15 is 0 Å². The minimum Gasteiger partial charge on any atom is -0.310 e. The number of fused-ring (bicyclic) bond motifs is 3. The van der Waals surface area contributed by atoms with Gasteiger partial charge in [-0.1, -0.05) is 146 Å². The van der Waals surface area contributed by atoms with Crippen LogP contribution in [0, 0.1) is 34.0 Å². The number of nitrogens with zero attached hydrogens (tertiary/aromatic N) is 8. The average molecular weight is 1040 g/mol. The van der Waals surface area contributed by atoms with E-state index in [0.717, 1.165) is 106 Å². The van der Waals surface area contributed by atoms with Gasteiger partial charge in [0.05, 0.1) is 57.3 Å². The summed E-state index contributed by atoms with van der Waals surface area (Å²) < 4.78 is 2.33. The van der Waals surface area contributed by atoms with Crippen LogP contribution >= 0.6 is 0 Å². The van der Waals surface area contributed by atoms with Crippen LogP contribution in [0.15, 0.2) is 279 Å². The van der Waals surface area contributed by atoms with Crippen molar-refractivity contribution in [3.63, 3.8) is 0 Å². The first-order valence-electron chi connectivity index (χ1n) is 26.5. The maximum Gasteiger partial charge on any atom is 0.160 e. The van der Waals surface area contributed by atoms with Crippen LogP contribution in [-0.4, -0.2) is 14.5 Å². The molecule has 11 aromatic carbocycles. The molecule has 0 aliphatic carbocycles. The van der Waals surface area contributed by atoms with Crippen LogP contribution in [0.25, 0.3) is 83.6 Å². The highest BCUT2D eigenvalue weighted by Gasteiger charge is 2.21. The molecule has 13 rings (SSSR count). The Morgan fingerprint density at radius 3 is 1.20 bits per heavy atom. The molecule has 13 aromatic rings. The first-order chi connectivity index (χ1) is 40.0. The Kier molecular flexibility index (Phi) is 12.9. The van der Waals surface area contributed by atoms with E-state index in [1.54, 1.807) is 0 Å². The highest BCUT2D eigenvalue weighted by Crippen LogP contribution is 2.43. The SMILES string of the molecule is N#Cc1ccc(N(c2ccccc2)c2ccc3c(c2)c2cc(N(c4ccccc4)c4ccc(C#N)cc4)ccc2n3-c2ccc(-c3ccc(-c4ccc(-c5cc(-c6ccccc6)nc(-c6ccccc6)n5)c(C#N)c4)cc3)cc2)cc1. The number of hydrogen-bond acceptors (Lipinski definition) is 7. The Morgan fingerprint density at radius 1 is 0.309 bits per heavy atom. The molecule has 2 aromatic heterocycles. The number of anilines is 6. The van der Waals surface area contributed by atoms with Gasteiger partial charge in [-0.05, 0) is 156 Å². The Morgan fingerprint density at radius 2 is 0.716 bits per heavy atom. The van der Waals surface area contributed by atoms with Crippen LogP contribution in [-0.2, 0) is 0 Å². The molecular formula is C73H46N8. The lowest BCUT2D eigenvalue weighted by molar-refractivity contribution is 1.18. The van der Waals surface area contributed by atoms with Gasteiger partial charge in [0.15, 0.2) is 5.82 Å². The van der Waals surface area contributed by atoms with E-state index in [1.165, 1.54) is 0 Å². The molecule has 0 atom stereocenters. The van der Waals surface area contributed by atoms with Crippen LogP contribution in [0.5, 0.6) is 0 Å². The first kappa shape index (κ1) is 49.0. The molecule has 0 aliphatic rings. The molecule has 81 heavy (non-hydrogen) atoms. The van der Waals surface area contributed by atoms with Gasteiger partial charge < -0.3 is 14.4 Å². The summed E-state index contributed by atoms with van der Waals surface area (Å²) in [5, 5.41) is 32.1. The molecule has 8 heteroatoms. The summed E-state index contributed by atoms with van der Waals surface area (Å²) in [6.07, 6.45) is 0. The zero-order valence-electron chi connectivity index (χ0n) is 43.6. The van der Waals surface area contributed by atoms with Crippen LogP contribution in [0.2, 0.25) is 0 Å². The summed E-state index contributed by atoms with van der Waals surface area (Å²) in [6.45, 7) is 0. The summed E-state index contributed by atoms with van der Waals surface area (Å²) in [7, 11) is 0. The van der Waals surface area contributed by atoms with E-state index in [4.69, 9.17) is 9.97 Å². The fraction of sp³-hybridized carbons (Fsp3) is 0. The molecule has 0 aliphatic heterocycles. The Bertz CT molecular complexity index is 4340. The van der Waals surface area contributed by atoms with E-state index < -0.39 is 0 Å². The van der Waals surface area contributed by atoms with Crippen molar-refractivity contribution < 1.29 is 0 Å². The smallest absolute Gasteiger partial charge is 0.160 e. The molecule has 2 heterocycles. The van der Waals surface area contributed by atoms with Gasteiger partial charge in [0.25, 0.3) is 0 Å². The second-order valence-corrected chi connectivity index (χ2v) is 19.6. The fourth-order valence-corrected chi connectivity index (χ4v) is 10.7. The van der Waals surface area contributed by atoms with Crippen molar-refractivity contribution in [1.82, 2.24) is 14.5 Å². The zero-order valence-corrected chi connectivity index (χ0v) is 43.6. The summed E-state index contributed by atoms with van der Waals surface area (Å²) >= 11 is 0. The second-order valence-electron chi connectivity index (χ2n) is 19.6. The molecule has 0 fully saturated rings. The first-order valence-corrected chi connectivity index (χ1v) is 26.5. The van der Waals surface area contributed by atoms with Crippen molar-refractivity contribution in [3.8, 4) is 80.1 Å². The third kappa shape index (κ3) is 9.57. The Hall–Kier alpha value is -11.6. The third-order valence-corrected chi connectivity index (χ3v) is 14.7. The fourth-order valence-electron chi connectivity index (χ4n) is 10.7. The molecule has 0 bridgehead atoms. The molecule has 0 saturated heterocycles. The molecule has 8 nitrogen and oxygen atoms in total. The van der Waals surface area contributed by atoms with Crippen molar-refractivity contribution in [3.05, 3.63) is 296 Å². The van der Waals surface area contributed by atoms with E-state index in [-0.39, 0.29) is 0 Å². The average Bonchev–Trinajstić information content (AvgIpc) is 4.14. The van der Waals surface area contributed by atoms with Crippen LogP contribution in [0.1, 0.15) is 16.7 Å². The quantitative estimate of drug-likeness (QED) is 0.120. The number of nitriles is 3. The van der Waals surface area contributed by atoms with Gasteiger partial charge in [-0.2, -0.15) is 15.8 Å². The second kappa shape index (κ2) is 21.4. The summed E-state index contributed by atoms with van der Waals surface area (Å²) in [4.78, 5) is 14.4. The van der Waals surface area contributed by atoms with Crippen LogP contribution in [0.4, 0.5) is 34.1 Å². The Balaban J connectivity index is 0.868. The normalized spacial score (nSPS) is 10.9. The summed E-state index contributed by atoms with van der Waals surface area (Å²) in [5.41, 5.74) is 18.7. The van der Waals surface area contributed by atoms with Crippen LogP contribution < -0.4 is 9.80 Å². The number of benzene rings is 11. The van der Waals surface area contributed by atoms with E-state index in [1.807, 2.05) is 164 Å². The monoisotopic (exact) mass is 1030 g/mol. The van der Waals surface area contributed by atoms with Crippen molar-refractivity contribution in [2.24, 2.45) is 0 Å². The minimum atomic E-state index is 0.529. The summed E-state index contributed by atoms with van der Waals surface area (Å²) in [5.74, 6) is 0.599. The number of aromatic nitrogens is 3. The van der Waals surface area contributed by atoms with Gasteiger partial charge in [-0.3, -0.25) is 0 Å². The van der Waals surface area contributed by atoms with Crippen molar-refractivity contribution >= 4 is 55.9 Å². The van der Waals surface area contributed by atoms with Gasteiger partial charge >= 0.3 is 0 Å². The number of rotatable bonds is 12. The number of hydrogen-bond donors (Lipinski definition) is 0. The minimum absolute atomic E-state index is 0.529. The topological polar surface area (TPSA) is 109 Å². The highest BCUT2D eigenvalue weighted by molar-refractivity contribution is 6.12. The lowest BCUT2D eigenvalue weighted by Crippen LogP contribution is -2.10. The molecule has 0 saturated carbocycles. The van der Waals surface area contributed by atoms with Crippen molar-refractivity contribution in [1.29, 1.82) is 15.8 Å². The van der Waals surface area contributed by atoms with Crippen molar-refractivity contribution in [2.75, 3.05) is 9.80 Å². The molecule has 0 N–H and O–H groups in total.